The molecule has 1 amide bonds. The normalized spacial score (nSPS) is 13.0. The molecule has 2 aromatic carbocycles. The Bertz CT molecular complexity index is 667. The maximum absolute atomic E-state index is 12.4. The number of carbonyl (C=O) groups excluding carboxylic acids is 1. The van der Waals surface area contributed by atoms with Crippen LogP contribution in [0.3, 0.4) is 0 Å². The highest BCUT2D eigenvalue weighted by molar-refractivity contribution is 5.81. The zero-order valence-electron chi connectivity index (χ0n) is 14.7. The molecular weight excluding hydrogens is 302 g/mol. The molecule has 0 aromatic heterocycles. The Morgan fingerprint density at radius 1 is 1.08 bits per heavy atom. The summed E-state index contributed by atoms with van der Waals surface area (Å²) in [6.45, 7) is 8.26. The molecule has 0 spiro atoms. The molecule has 2 atom stereocenters. The summed E-state index contributed by atoms with van der Waals surface area (Å²) in [6, 6.07) is 15.3. The second-order valence-electron chi connectivity index (χ2n) is 5.76. The third-order valence-corrected chi connectivity index (χ3v) is 3.82. The topological polar surface area (TPSA) is 47.6 Å². The Balaban J connectivity index is 1.94. The number of ether oxygens (including phenoxy) is 2. The standard InChI is InChI=1S/C20H25NO3/c1-5-23-18-12-10-17(11-13-18)15(3)21-20(22)16(4)24-19-9-7-6-8-14(19)2/h6-13,15-16H,5H2,1-4H3,(H,21,22). The van der Waals surface area contributed by atoms with Crippen LogP contribution in [0.1, 0.15) is 37.9 Å². The molecule has 0 aliphatic carbocycles. The SMILES string of the molecule is CCOc1ccc(C(C)NC(=O)C(C)Oc2ccccc2C)cc1. The number of nitrogens with one attached hydrogen (secondary N) is 1. The molecule has 2 aromatic rings. The van der Waals surface area contributed by atoms with E-state index in [0.29, 0.717) is 6.61 Å². The zero-order valence-corrected chi connectivity index (χ0v) is 14.7. The van der Waals surface area contributed by atoms with E-state index in [4.69, 9.17) is 9.47 Å². The number of para-hydroxylation sites is 1. The third kappa shape index (κ3) is 4.75. The number of hydrogen-bond donors (Lipinski definition) is 1. The fourth-order valence-corrected chi connectivity index (χ4v) is 2.37. The molecule has 0 saturated carbocycles. The Hall–Kier alpha value is -2.49. The van der Waals surface area contributed by atoms with Gasteiger partial charge >= 0.3 is 0 Å². The van der Waals surface area contributed by atoms with E-state index in [0.717, 1.165) is 22.6 Å². The van der Waals surface area contributed by atoms with Crippen LogP contribution in [0.2, 0.25) is 0 Å². The van der Waals surface area contributed by atoms with Crippen LogP contribution < -0.4 is 14.8 Å². The summed E-state index contributed by atoms with van der Waals surface area (Å²) in [5, 5.41) is 2.98. The van der Waals surface area contributed by atoms with Crippen molar-refractivity contribution >= 4 is 5.91 Å². The van der Waals surface area contributed by atoms with Crippen molar-refractivity contribution in [2.24, 2.45) is 0 Å². The van der Waals surface area contributed by atoms with Crippen molar-refractivity contribution in [3.05, 3.63) is 59.7 Å². The Kier molecular flexibility index (Phi) is 6.24. The van der Waals surface area contributed by atoms with Crippen LogP contribution >= 0.6 is 0 Å². The Morgan fingerprint density at radius 3 is 2.38 bits per heavy atom. The Labute approximate surface area is 143 Å². The first-order chi connectivity index (χ1) is 11.5. The fourth-order valence-electron chi connectivity index (χ4n) is 2.37. The predicted molar refractivity (Wildman–Crippen MR) is 95.4 cm³/mol. The monoisotopic (exact) mass is 327 g/mol. The summed E-state index contributed by atoms with van der Waals surface area (Å²) in [6.07, 6.45) is -0.559. The van der Waals surface area contributed by atoms with Gasteiger partial charge in [-0.25, -0.2) is 0 Å². The zero-order chi connectivity index (χ0) is 17.5. The molecule has 0 heterocycles. The van der Waals surface area contributed by atoms with Crippen molar-refractivity contribution in [3.8, 4) is 11.5 Å². The minimum absolute atomic E-state index is 0.101. The number of hydrogen-bond acceptors (Lipinski definition) is 3. The van der Waals surface area contributed by atoms with Crippen LogP contribution in [0.5, 0.6) is 11.5 Å². The van der Waals surface area contributed by atoms with E-state index in [1.165, 1.54) is 0 Å². The minimum atomic E-state index is -0.559. The van der Waals surface area contributed by atoms with Gasteiger partial charge in [0.1, 0.15) is 11.5 Å². The first-order valence-corrected chi connectivity index (χ1v) is 8.26. The number of aryl methyl sites for hydroxylation is 1. The number of rotatable bonds is 7. The molecule has 0 aliphatic rings. The molecular formula is C20H25NO3. The highest BCUT2D eigenvalue weighted by Crippen LogP contribution is 2.20. The molecule has 128 valence electrons. The highest BCUT2D eigenvalue weighted by atomic mass is 16.5. The van der Waals surface area contributed by atoms with Gasteiger partial charge in [0.2, 0.25) is 0 Å². The van der Waals surface area contributed by atoms with Crippen LogP contribution in [-0.2, 0) is 4.79 Å². The van der Waals surface area contributed by atoms with E-state index < -0.39 is 6.10 Å². The van der Waals surface area contributed by atoms with Crippen molar-refractivity contribution in [1.82, 2.24) is 5.32 Å². The molecule has 2 unspecified atom stereocenters. The summed E-state index contributed by atoms with van der Waals surface area (Å²) < 4.78 is 11.2. The number of amides is 1. The van der Waals surface area contributed by atoms with Crippen LogP contribution in [0.25, 0.3) is 0 Å². The lowest BCUT2D eigenvalue weighted by molar-refractivity contribution is -0.127. The first kappa shape index (κ1) is 17.9. The van der Waals surface area contributed by atoms with Crippen molar-refractivity contribution in [2.45, 2.75) is 39.8 Å². The molecule has 0 radical (unpaired) electrons. The number of carbonyl (C=O) groups is 1. The van der Waals surface area contributed by atoms with Crippen LogP contribution in [0, 0.1) is 6.92 Å². The van der Waals surface area contributed by atoms with Gasteiger partial charge in [-0.1, -0.05) is 30.3 Å². The average molecular weight is 327 g/mol. The van der Waals surface area contributed by atoms with E-state index >= 15 is 0 Å². The second-order valence-corrected chi connectivity index (χ2v) is 5.76. The molecule has 4 nitrogen and oxygen atoms in total. The Morgan fingerprint density at radius 2 is 1.75 bits per heavy atom. The van der Waals surface area contributed by atoms with E-state index in [9.17, 15) is 4.79 Å². The fraction of sp³-hybridized carbons (Fsp3) is 0.350. The van der Waals surface area contributed by atoms with Gasteiger partial charge < -0.3 is 14.8 Å². The van der Waals surface area contributed by atoms with Gasteiger partial charge in [-0.15, -0.1) is 0 Å². The lowest BCUT2D eigenvalue weighted by atomic mass is 10.1. The molecule has 0 saturated heterocycles. The van der Waals surface area contributed by atoms with E-state index in [1.807, 2.05) is 69.3 Å². The largest absolute Gasteiger partial charge is 0.494 e. The van der Waals surface area contributed by atoms with Crippen molar-refractivity contribution in [2.75, 3.05) is 6.61 Å². The van der Waals surface area contributed by atoms with Gasteiger partial charge in [-0.2, -0.15) is 0 Å². The van der Waals surface area contributed by atoms with E-state index in [-0.39, 0.29) is 11.9 Å². The molecule has 1 N–H and O–H groups in total. The quantitative estimate of drug-likeness (QED) is 0.835. The van der Waals surface area contributed by atoms with Gasteiger partial charge in [-0.3, -0.25) is 4.79 Å². The lowest BCUT2D eigenvalue weighted by Gasteiger charge is -2.20. The molecule has 0 aliphatic heterocycles. The summed E-state index contributed by atoms with van der Waals surface area (Å²) >= 11 is 0. The van der Waals surface area contributed by atoms with Gasteiger partial charge in [0.05, 0.1) is 12.6 Å². The van der Waals surface area contributed by atoms with Gasteiger partial charge in [0.15, 0.2) is 6.10 Å². The van der Waals surface area contributed by atoms with Crippen molar-refractivity contribution in [1.29, 1.82) is 0 Å². The summed E-state index contributed by atoms with van der Waals surface area (Å²) in [5.74, 6) is 1.42. The molecule has 0 fully saturated rings. The van der Waals surface area contributed by atoms with Crippen LogP contribution in [0.4, 0.5) is 0 Å². The lowest BCUT2D eigenvalue weighted by Crippen LogP contribution is -2.37. The summed E-state index contributed by atoms with van der Waals surface area (Å²) in [4.78, 5) is 12.4. The van der Waals surface area contributed by atoms with Gasteiger partial charge in [0, 0.05) is 0 Å². The molecule has 0 bridgehead atoms. The van der Waals surface area contributed by atoms with Gasteiger partial charge in [-0.05, 0) is 57.0 Å². The van der Waals surface area contributed by atoms with E-state index in [2.05, 4.69) is 5.32 Å². The second kappa shape index (κ2) is 8.39. The van der Waals surface area contributed by atoms with Crippen molar-refractivity contribution < 1.29 is 14.3 Å². The highest BCUT2D eigenvalue weighted by Gasteiger charge is 2.18. The van der Waals surface area contributed by atoms with Crippen molar-refractivity contribution in [3.63, 3.8) is 0 Å². The molecule has 2 rings (SSSR count). The molecule has 4 heteroatoms. The maximum atomic E-state index is 12.4. The summed E-state index contributed by atoms with van der Waals surface area (Å²) in [7, 11) is 0. The first-order valence-electron chi connectivity index (χ1n) is 8.26. The maximum Gasteiger partial charge on any atom is 0.261 e. The molecule has 24 heavy (non-hydrogen) atoms. The average Bonchev–Trinajstić information content (AvgIpc) is 2.57. The van der Waals surface area contributed by atoms with Crippen LogP contribution in [-0.4, -0.2) is 18.6 Å². The van der Waals surface area contributed by atoms with Gasteiger partial charge in [0.25, 0.3) is 5.91 Å². The van der Waals surface area contributed by atoms with Crippen LogP contribution in [0.15, 0.2) is 48.5 Å². The predicted octanol–water partition coefficient (Wildman–Crippen LogP) is 4.04. The number of benzene rings is 2. The minimum Gasteiger partial charge on any atom is -0.494 e. The smallest absolute Gasteiger partial charge is 0.261 e. The third-order valence-electron chi connectivity index (χ3n) is 3.82. The van der Waals surface area contributed by atoms with E-state index in [1.54, 1.807) is 6.92 Å². The summed E-state index contributed by atoms with van der Waals surface area (Å²) in [5.41, 5.74) is 2.03.